The van der Waals surface area contributed by atoms with E-state index in [9.17, 15) is 14.7 Å². The SMILES string of the molecule is COc1cccc(C2C(=C(O)c3ccccc3)C(=O)C(=O)N2CC(C)C)c1. The minimum Gasteiger partial charge on any atom is -0.507 e. The Morgan fingerprint density at radius 1 is 1.11 bits per heavy atom. The van der Waals surface area contributed by atoms with E-state index in [1.807, 2.05) is 32.0 Å². The number of nitrogens with zero attached hydrogens (tertiary/aromatic N) is 1. The Morgan fingerprint density at radius 3 is 2.44 bits per heavy atom. The third-order valence-corrected chi connectivity index (χ3v) is 4.56. The molecule has 5 nitrogen and oxygen atoms in total. The highest BCUT2D eigenvalue weighted by atomic mass is 16.5. The monoisotopic (exact) mass is 365 g/mol. The highest BCUT2D eigenvalue weighted by molar-refractivity contribution is 6.46. The van der Waals surface area contributed by atoms with Gasteiger partial charge in [-0.05, 0) is 23.6 Å². The first kappa shape index (κ1) is 18.7. The molecule has 3 rings (SSSR count). The van der Waals surface area contributed by atoms with Crippen molar-refractivity contribution in [2.75, 3.05) is 13.7 Å². The van der Waals surface area contributed by atoms with E-state index in [-0.39, 0.29) is 17.3 Å². The molecule has 1 atom stereocenters. The number of ether oxygens (including phenoxy) is 1. The van der Waals surface area contributed by atoms with Gasteiger partial charge in [-0.2, -0.15) is 0 Å². The average Bonchev–Trinajstić information content (AvgIpc) is 2.92. The van der Waals surface area contributed by atoms with Gasteiger partial charge in [0.1, 0.15) is 11.5 Å². The highest BCUT2D eigenvalue weighted by Crippen LogP contribution is 2.40. The molecule has 1 saturated heterocycles. The number of hydrogen-bond acceptors (Lipinski definition) is 4. The summed E-state index contributed by atoms with van der Waals surface area (Å²) < 4.78 is 5.30. The lowest BCUT2D eigenvalue weighted by molar-refractivity contribution is -0.140. The Hall–Kier alpha value is -3.08. The van der Waals surface area contributed by atoms with Gasteiger partial charge in [-0.1, -0.05) is 56.3 Å². The number of rotatable bonds is 5. The molecule has 140 valence electrons. The van der Waals surface area contributed by atoms with Crippen LogP contribution in [0.2, 0.25) is 0 Å². The number of methoxy groups -OCH3 is 1. The van der Waals surface area contributed by atoms with Crippen LogP contribution >= 0.6 is 0 Å². The van der Waals surface area contributed by atoms with Crippen molar-refractivity contribution >= 4 is 17.4 Å². The zero-order valence-corrected chi connectivity index (χ0v) is 15.7. The van der Waals surface area contributed by atoms with Crippen molar-refractivity contribution in [2.45, 2.75) is 19.9 Å². The summed E-state index contributed by atoms with van der Waals surface area (Å²) in [5, 5.41) is 10.9. The van der Waals surface area contributed by atoms with E-state index in [1.165, 1.54) is 4.90 Å². The summed E-state index contributed by atoms with van der Waals surface area (Å²) in [5.74, 6) is -0.609. The fourth-order valence-electron chi connectivity index (χ4n) is 3.37. The van der Waals surface area contributed by atoms with Gasteiger partial charge in [0.15, 0.2) is 0 Å². The zero-order chi connectivity index (χ0) is 19.6. The van der Waals surface area contributed by atoms with Crippen molar-refractivity contribution in [3.05, 3.63) is 71.3 Å². The normalized spacial score (nSPS) is 19.0. The van der Waals surface area contributed by atoms with Gasteiger partial charge in [0.05, 0.1) is 18.7 Å². The first-order valence-electron chi connectivity index (χ1n) is 8.91. The van der Waals surface area contributed by atoms with Crippen LogP contribution in [0.4, 0.5) is 0 Å². The van der Waals surface area contributed by atoms with Crippen LogP contribution in [0.5, 0.6) is 5.75 Å². The van der Waals surface area contributed by atoms with Gasteiger partial charge in [0, 0.05) is 12.1 Å². The fourth-order valence-corrected chi connectivity index (χ4v) is 3.37. The van der Waals surface area contributed by atoms with Crippen molar-refractivity contribution < 1.29 is 19.4 Å². The number of Topliss-reactive ketones (excluding diaryl/α,β-unsaturated/α-hetero) is 1. The van der Waals surface area contributed by atoms with Gasteiger partial charge in [-0.15, -0.1) is 0 Å². The number of aliphatic hydroxyl groups is 1. The second kappa shape index (κ2) is 7.66. The molecule has 0 saturated carbocycles. The maximum atomic E-state index is 12.8. The van der Waals surface area contributed by atoms with Crippen LogP contribution in [-0.2, 0) is 9.59 Å². The first-order chi connectivity index (χ1) is 12.9. The molecule has 1 aliphatic heterocycles. The van der Waals surface area contributed by atoms with Crippen molar-refractivity contribution in [2.24, 2.45) is 5.92 Å². The van der Waals surface area contributed by atoms with E-state index in [2.05, 4.69) is 0 Å². The first-order valence-corrected chi connectivity index (χ1v) is 8.91. The van der Waals surface area contributed by atoms with Gasteiger partial charge in [-0.25, -0.2) is 0 Å². The number of hydrogen-bond donors (Lipinski definition) is 1. The number of ketones is 1. The van der Waals surface area contributed by atoms with Crippen LogP contribution in [-0.4, -0.2) is 35.4 Å². The summed E-state index contributed by atoms with van der Waals surface area (Å²) in [6.07, 6.45) is 0. The summed E-state index contributed by atoms with van der Waals surface area (Å²) in [6.45, 7) is 4.39. The number of likely N-dealkylation sites (tertiary alicyclic amines) is 1. The highest BCUT2D eigenvalue weighted by Gasteiger charge is 2.46. The number of carbonyl (C=O) groups is 2. The minimum atomic E-state index is -0.662. The molecule has 1 unspecified atom stereocenters. The predicted molar refractivity (Wildman–Crippen MR) is 103 cm³/mol. The topological polar surface area (TPSA) is 66.8 Å². The standard InChI is InChI=1S/C22H23NO4/c1-14(2)13-23-19(16-10-7-11-17(12-16)27-3)18(21(25)22(23)26)20(24)15-8-5-4-6-9-15/h4-12,14,19,24H,13H2,1-3H3. The van der Waals surface area contributed by atoms with E-state index in [4.69, 9.17) is 4.74 Å². The number of carbonyl (C=O) groups excluding carboxylic acids is 2. The maximum Gasteiger partial charge on any atom is 0.295 e. The third-order valence-electron chi connectivity index (χ3n) is 4.56. The fraction of sp³-hybridized carbons (Fsp3) is 0.273. The minimum absolute atomic E-state index is 0.111. The molecule has 1 aliphatic rings. The van der Waals surface area contributed by atoms with E-state index < -0.39 is 17.7 Å². The summed E-state index contributed by atoms with van der Waals surface area (Å²) in [5.41, 5.74) is 1.35. The van der Waals surface area contributed by atoms with Crippen LogP contribution in [0.25, 0.3) is 5.76 Å². The molecule has 1 heterocycles. The van der Waals surface area contributed by atoms with Gasteiger partial charge in [-0.3, -0.25) is 9.59 Å². The molecule has 2 aromatic carbocycles. The lowest BCUT2D eigenvalue weighted by atomic mass is 9.95. The van der Waals surface area contributed by atoms with Crippen LogP contribution in [0, 0.1) is 5.92 Å². The molecular formula is C22H23NO4. The van der Waals surface area contributed by atoms with Gasteiger partial charge in [0.2, 0.25) is 0 Å². The lowest BCUT2D eigenvalue weighted by Gasteiger charge is -2.27. The number of benzene rings is 2. The lowest BCUT2D eigenvalue weighted by Crippen LogP contribution is -2.33. The second-order valence-electron chi connectivity index (χ2n) is 6.99. The summed E-state index contributed by atoms with van der Waals surface area (Å²) in [4.78, 5) is 27.1. The van der Waals surface area contributed by atoms with E-state index in [1.54, 1.807) is 43.5 Å². The smallest absolute Gasteiger partial charge is 0.295 e. The van der Waals surface area contributed by atoms with Crippen LogP contribution in [0.1, 0.15) is 31.0 Å². The molecular weight excluding hydrogens is 342 g/mol. The summed E-state index contributed by atoms with van der Waals surface area (Å²) in [6, 6.07) is 15.4. The molecule has 0 aliphatic carbocycles. The Balaban J connectivity index is 2.19. The molecule has 5 heteroatoms. The molecule has 0 bridgehead atoms. The Kier molecular flexibility index (Phi) is 5.31. The van der Waals surface area contributed by atoms with E-state index >= 15 is 0 Å². The molecule has 1 N–H and O–H groups in total. The molecule has 0 aromatic heterocycles. The molecule has 27 heavy (non-hydrogen) atoms. The van der Waals surface area contributed by atoms with Crippen molar-refractivity contribution in [1.29, 1.82) is 0 Å². The summed E-state index contributed by atoms with van der Waals surface area (Å²) >= 11 is 0. The second-order valence-corrected chi connectivity index (χ2v) is 6.99. The third kappa shape index (κ3) is 3.58. The Labute approximate surface area is 158 Å². The van der Waals surface area contributed by atoms with Crippen LogP contribution < -0.4 is 4.74 Å². The zero-order valence-electron chi connectivity index (χ0n) is 15.7. The molecule has 0 radical (unpaired) electrons. The van der Waals surface area contributed by atoms with Crippen molar-refractivity contribution in [1.82, 2.24) is 4.90 Å². The molecule has 1 fully saturated rings. The van der Waals surface area contributed by atoms with Crippen molar-refractivity contribution in [3.8, 4) is 5.75 Å². The predicted octanol–water partition coefficient (Wildman–Crippen LogP) is 3.77. The van der Waals surface area contributed by atoms with Crippen molar-refractivity contribution in [3.63, 3.8) is 0 Å². The molecule has 1 amide bonds. The summed E-state index contributed by atoms with van der Waals surface area (Å²) in [7, 11) is 1.56. The van der Waals surface area contributed by atoms with Crippen LogP contribution in [0.3, 0.4) is 0 Å². The van der Waals surface area contributed by atoms with E-state index in [0.717, 1.165) is 5.56 Å². The van der Waals surface area contributed by atoms with Gasteiger partial charge < -0.3 is 14.7 Å². The Morgan fingerprint density at radius 2 is 1.81 bits per heavy atom. The van der Waals surface area contributed by atoms with Gasteiger partial charge >= 0.3 is 0 Å². The maximum absolute atomic E-state index is 12.8. The van der Waals surface area contributed by atoms with E-state index in [0.29, 0.717) is 17.9 Å². The quantitative estimate of drug-likeness (QED) is 0.498. The number of aliphatic hydroxyl groups excluding tert-OH is 1. The average molecular weight is 365 g/mol. The number of amides is 1. The van der Waals surface area contributed by atoms with Gasteiger partial charge in [0.25, 0.3) is 11.7 Å². The Bertz CT molecular complexity index is 886. The largest absolute Gasteiger partial charge is 0.507 e. The molecule has 0 spiro atoms. The van der Waals surface area contributed by atoms with Crippen LogP contribution in [0.15, 0.2) is 60.2 Å². The molecule has 2 aromatic rings.